The lowest BCUT2D eigenvalue weighted by atomic mass is 9.78. The summed E-state index contributed by atoms with van der Waals surface area (Å²) in [6.07, 6.45) is 1.30. The molecular weight excluding hydrogens is 432 g/mol. The maximum absolute atomic E-state index is 13.7. The second kappa shape index (κ2) is 9.21. The second-order valence-electron chi connectivity index (χ2n) is 9.38. The zero-order valence-electron chi connectivity index (χ0n) is 19.4. The Morgan fingerprint density at radius 1 is 1.12 bits per heavy atom. The smallest absolute Gasteiger partial charge is 0.246 e. The van der Waals surface area contributed by atoms with Crippen LogP contribution in [0.5, 0.6) is 5.75 Å². The van der Waals surface area contributed by atoms with E-state index in [0.29, 0.717) is 24.8 Å². The van der Waals surface area contributed by atoms with Crippen LogP contribution in [0.2, 0.25) is 0 Å². The minimum atomic E-state index is -1.23. The first-order valence-corrected chi connectivity index (χ1v) is 11.5. The molecule has 0 unspecified atom stereocenters. The van der Waals surface area contributed by atoms with Crippen molar-refractivity contribution in [2.75, 3.05) is 0 Å². The molecule has 1 aliphatic rings. The van der Waals surface area contributed by atoms with Crippen molar-refractivity contribution in [3.8, 4) is 5.75 Å². The Labute approximate surface area is 197 Å². The standard InChI is InChI=1S/C26H30N4O4/c1-15(2)23(24(27)33)29-25(34)26(30-22(32)13-16-7-9-17(31)10-8-16)12-11-21-19(14-26)18-5-3-4-6-20(18)28-21/h3-10,15,23,28,31H,11-14H2,1-2H3,(H2,27,33)(H,29,34)(H,30,32)/t23-,26+/m0/s1. The highest BCUT2D eigenvalue weighted by atomic mass is 16.3. The molecule has 178 valence electrons. The van der Waals surface area contributed by atoms with Gasteiger partial charge in [-0.2, -0.15) is 0 Å². The Morgan fingerprint density at radius 2 is 1.82 bits per heavy atom. The van der Waals surface area contributed by atoms with Gasteiger partial charge in [-0.25, -0.2) is 0 Å². The average Bonchev–Trinajstić information content (AvgIpc) is 3.16. The number of hydrogen-bond donors (Lipinski definition) is 5. The van der Waals surface area contributed by atoms with Gasteiger partial charge >= 0.3 is 0 Å². The molecule has 6 N–H and O–H groups in total. The lowest BCUT2D eigenvalue weighted by molar-refractivity contribution is -0.136. The number of primary amides is 1. The third-order valence-electron chi connectivity index (χ3n) is 6.56. The molecule has 0 saturated heterocycles. The number of hydrogen-bond acceptors (Lipinski definition) is 4. The Bertz CT molecular complexity index is 1230. The highest BCUT2D eigenvalue weighted by molar-refractivity contribution is 5.96. The van der Waals surface area contributed by atoms with Crippen molar-refractivity contribution in [1.82, 2.24) is 15.6 Å². The summed E-state index contributed by atoms with van der Waals surface area (Å²) >= 11 is 0. The summed E-state index contributed by atoms with van der Waals surface area (Å²) in [5.74, 6) is -1.43. The van der Waals surface area contributed by atoms with E-state index in [-0.39, 0.29) is 24.0 Å². The molecule has 3 amide bonds. The SMILES string of the molecule is CC(C)[C@H](NC(=O)[C@@]1(NC(=O)Cc2ccc(O)cc2)CCc2[nH]c3ccccc3c2C1)C(N)=O. The van der Waals surface area contributed by atoms with E-state index in [4.69, 9.17) is 5.73 Å². The Morgan fingerprint density at radius 3 is 2.50 bits per heavy atom. The zero-order chi connectivity index (χ0) is 24.5. The fraction of sp³-hybridized carbons (Fsp3) is 0.346. The van der Waals surface area contributed by atoms with Crippen molar-refractivity contribution in [2.24, 2.45) is 11.7 Å². The third kappa shape index (κ3) is 4.62. The number of carbonyl (C=O) groups is 3. The monoisotopic (exact) mass is 462 g/mol. The molecule has 34 heavy (non-hydrogen) atoms. The molecule has 1 aromatic heterocycles. The fourth-order valence-electron chi connectivity index (χ4n) is 4.71. The number of aromatic hydroxyl groups is 1. The van der Waals surface area contributed by atoms with Crippen LogP contribution >= 0.6 is 0 Å². The minimum Gasteiger partial charge on any atom is -0.508 e. The van der Waals surface area contributed by atoms with Crippen molar-refractivity contribution in [3.05, 3.63) is 65.4 Å². The van der Waals surface area contributed by atoms with E-state index in [1.54, 1.807) is 12.1 Å². The Hall–Kier alpha value is -3.81. The van der Waals surface area contributed by atoms with E-state index >= 15 is 0 Å². The van der Waals surface area contributed by atoms with Gasteiger partial charge in [-0.15, -0.1) is 0 Å². The van der Waals surface area contributed by atoms with E-state index in [0.717, 1.165) is 22.2 Å². The van der Waals surface area contributed by atoms with Gasteiger partial charge in [-0.1, -0.05) is 44.2 Å². The van der Waals surface area contributed by atoms with E-state index < -0.39 is 23.4 Å². The van der Waals surface area contributed by atoms with Crippen LogP contribution in [-0.4, -0.2) is 39.4 Å². The Balaban J connectivity index is 1.66. The van der Waals surface area contributed by atoms with E-state index in [9.17, 15) is 19.5 Å². The largest absolute Gasteiger partial charge is 0.508 e. The first-order chi connectivity index (χ1) is 16.2. The van der Waals surface area contributed by atoms with Crippen molar-refractivity contribution in [1.29, 1.82) is 0 Å². The first-order valence-electron chi connectivity index (χ1n) is 11.5. The topological polar surface area (TPSA) is 137 Å². The number of nitrogens with two attached hydrogens (primary N) is 1. The number of aromatic nitrogens is 1. The minimum absolute atomic E-state index is 0.0550. The molecule has 2 atom stereocenters. The quantitative estimate of drug-likeness (QED) is 0.367. The number of carbonyl (C=O) groups excluding carboxylic acids is 3. The van der Waals surface area contributed by atoms with Crippen LogP contribution in [0, 0.1) is 5.92 Å². The molecule has 0 saturated carbocycles. The molecule has 2 aromatic carbocycles. The van der Waals surface area contributed by atoms with E-state index in [1.165, 1.54) is 12.1 Å². The number of aryl methyl sites for hydroxylation is 1. The Kier molecular flexibility index (Phi) is 6.32. The number of H-pyrrole nitrogens is 1. The summed E-state index contributed by atoms with van der Waals surface area (Å²) in [5, 5.41) is 16.3. The molecule has 3 aromatic rings. The molecule has 0 bridgehead atoms. The fourth-order valence-corrected chi connectivity index (χ4v) is 4.71. The predicted molar refractivity (Wildman–Crippen MR) is 129 cm³/mol. The van der Waals surface area contributed by atoms with Crippen LogP contribution < -0.4 is 16.4 Å². The zero-order valence-corrected chi connectivity index (χ0v) is 19.4. The maximum Gasteiger partial charge on any atom is 0.246 e. The van der Waals surface area contributed by atoms with Crippen LogP contribution in [0.1, 0.15) is 37.1 Å². The summed E-state index contributed by atoms with van der Waals surface area (Å²) in [6, 6.07) is 13.4. The molecular formula is C26H30N4O4. The van der Waals surface area contributed by atoms with Crippen LogP contribution in [0.25, 0.3) is 10.9 Å². The second-order valence-corrected chi connectivity index (χ2v) is 9.38. The number of rotatable bonds is 7. The highest BCUT2D eigenvalue weighted by Crippen LogP contribution is 2.34. The molecule has 0 spiro atoms. The summed E-state index contributed by atoms with van der Waals surface area (Å²) in [6.45, 7) is 3.62. The van der Waals surface area contributed by atoms with Crippen LogP contribution in [0.3, 0.4) is 0 Å². The molecule has 8 heteroatoms. The van der Waals surface area contributed by atoms with Gasteiger partial charge in [0.15, 0.2) is 0 Å². The third-order valence-corrected chi connectivity index (χ3v) is 6.56. The van der Waals surface area contributed by atoms with E-state index in [2.05, 4.69) is 15.6 Å². The lowest BCUT2D eigenvalue weighted by Gasteiger charge is -2.38. The van der Waals surface area contributed by atoms with Gasteiger partial charge in [0.05, 0.1) is 6.42 Å². The number of amides is 3. The first kappa shape index (κ1) is 23.4. The number of phenolic OH excluding ortho intramolecular Hbond substituents is 1. The number of para-hydroxylation sites is 1. The number of nitrogens with one attached hydrogen (secondary N) is 3. The normalized spacial score (nSPS) is 18.3. The van der Waals surface area contributed by atoms with Crippen LogP contribution in [0.15, 0.2) is 48.5 Å². The number of fused-ring (bicyclic) bond motifs is 3. The molecule has 1 aliphatic carbocycles. The summed E-state index contributed by atoms with van der Waals surface area (Å²) < 4.78 is 0. The van der Waals surface area contributed by atoms with Crippen molar-refractivity contribution < 1.29 is 19.5 Å². The lowest BCUT2D eigenvalue weighted by Crippen LogP contribution is -2.64. The van der Waals surface area contributed by atoms with Crippen LogP contribution in [-0.2, 0) is 33.6 Å². The molecule has 4 rings (SSSR count). The molecule has 0 aliphatic heterocycles. The highest BCUT2D eigenvalue weighted by Gasteiger charge is 2.45. The van der Waals surface area contributed by atoms with E-state index in [1.807, 2.05) is 38.1 Å². The molecule has 8 nitrogen and oxygen atoms in total. The summed E-state index contributed by atoms with van der Waals surface area (Å²) in [7, 11) is 0. The van der Waals surface area contributed by atoms with Gasteiger partial charge in [0.1, 0.15) is 17.3 Å². The molecule has 1 heterocycles. The average molecular weight is 463 g/mol. The molecule has 0 radical (unpaired) electrons. The predicted octanol–water partition coefficient (Wildman–Crippen LogP) is 2.09. The number of benzene rings is 2. The van der Waals surface area contributed by atoms with Gasteiger partial charge in [0.25, 0.3) is 0 Å². The van der Waals surface area contributed by atoms with Gasteiger partial charge in [0, 0.05) is 23.0 Å². The van der Waals surface area contributed by atoms with Crippen molar-refractivity contribution >= 4 is 28.6 Å². The maximum atomic E-state index is 13.7. The molecule has 0 fully saturated rings. The van der Waals surface area contributed by atoms with Crippen molar-refractivity contribution in [3.63, 3.8) is 0 Å². The van der Waals surface area contributed by atoms with Crippen LogP contribution in [0.4, 0.5) is 0 Å². The van der Waals surface area contributed by atoms with Gasteiger partial charge in [-0.05, 0) is 48.1 Å². The summed E-state index contributed by atoms with van der Waals surface area (Å²) in [5.41, 5.74) is 8.05. The van der Waals surface area contributed by atoms with Gasteiger partial charge in [0.2, 0.25) is 17.7 Å². The van der Waals surface area contributed by atoms with Gasteiger partial charge < -0.3 is 26.5 Å². The number of phenols is 1. The van der Waals surface area contributed by atoms with Gasteiger partial charge in [-0.3, -0.25) is 14.4 Å². The number of aromatic amines is 1. The summed E-state index contributed by atoms with van der Waals surface area (Å²) in [4.78, 5) is 42.2. The van der Waals surface area contributed by atoms with Crippen molar-refractivity contribution in [2.45, 2.75) is 51.1 Å².